The Kier molecular flexibility index (Phi) is 4.62. The summed E-state index contributed by atoms with van der Waals surface area (Å²) < 4.78 is 0. The molecule has 0 amide bonds. The van der Waals surface area contributed by atoms with Crippen molar-refractivity contribution >= 4 is 12.4 Å². The van der Waals surface area contributed by atoms with E-state index in [1.165, 1.54) is 12.8 Å². The van der Waals surface area contributed by atoms with Crippen LogP contribution in [-0.2, 0) is 0 Å². The molecule has 0 aliphatic heterocycles. The molecule has 1 aromatic rings. The summed E-state index contributed by atoms with van der Waals surface area (Å²) in [5, 5.41) is 9.75. The summed E-state index contributed by atoms with van der Waals surface area (Å²) in [6.07, 6.45) is 4.43. The Morgan fingerprint density at radius 2 is 1.85 bits per heavy atom. The summed E-state index contributed by atoms with van der Waals surface area (Å²) in [6, 6.07) is 9.88. The van der Waals surface area contributed by atoms with Gasteiger partial charge >= 0.3 is 6.92 Å². The maximum absolute atomic E-state index is 9.75. The second kappa shape index (κ2) is 5.82. The van der Waals surface area contributed by atoms with E-state index >= 15 is 0 Å². The predicted octanol–water partition coefficient (Wildman–Crippen LogP) is 2.07. The fraction of sp³-hybridized carbons (Fsp3) is 0.455. The van der Waals surface area contributed by atoms with Crippen molar-refractivity contribution in [1.29, 1.82) is 0 Å². The molecule has 1 aromatic carbocycles. The number of rotatable bonds is 5. The average molecular weight is 176 g/mol. The van der Waals surface area contributed by atoms with Gasteiger partial charge in [0.2, 0.25) is 0 Å². The van der Waals surface area contributed by atoms with Gasteiger partial charge in [0.05, 0.1) is 0 Å². The third kappa shape index (κ3) is 3.64. The summed E-state index contributed by atoms with van der Waals surface area (Å²) in [7, 11) is 0. The Hall–Kier alpha value is -0.755. The number of unbranched alkanes of at least 4 members (excludes halogenated alkanes) is 2. The topological polar surface area (TPSA) is 20.2 Å². The first-order chi connectivity index (χ1) is 6.34. The predicted molar refractivity (Wildman–Crippen MR) is 58.4 cm³/mol. The zero-order valence-corrected chi connectivity index (χ0v) is 8.24. The van der Waals surface area contributed by atoms with Crippen LogP contribution in [0.5, 0.6) is 0 Å². The summed E-state index contributed by atoms with van der Waals surface area (Å²) in [5.74, 6) is 0. The average Bonchev–Trinajstić information content (AvgIpc) is 2.19. The Balaban J connectivity index is 2.35. The summed E-state index contributed by atoms with van der Waals surface area (Å²) in [4.78, 5) is 0. The van der Waals surface area contributed by atoms with Gasteiger partial charge in [0.1, 0.15) is 0 Å². The van der Waals surface area contributed by atoms with Crippen LogP contribution >= 0.6 is 0 Å². The quantitative estimate of drug-likeness (QED) is 0.537. The molecule has 0 aliphatic carbocycles. The SMILES string of the molecule is CCCCCB(O)c1ccccc1. The second-order valence-corrected chi connectivity index (χ2v) is 3.42. The Bertz CT molecular complexity index is 223. The van der Waals surface area contributed by atoms with E-state index in [1.807, 2.05) is 30.3 Å². The maximum atomic E-state index is 9.75. The molecule has 0 spiro atoms. The minimum absolute atomic E-state index is 0.271. The largest absolute Gasteiger partial charge is 0.446 e. The lowest BCUT2D eigenvalue weighted by Gasteiger charge is -2.05. The minimum Gasteiger partial charge on any atom is -0.446 e. The van der Waals surface area contributed by atoms with Crippen molar-refractivity contribution in [2.45, 2.75) is 32.5 Å². The third-order valence-electron chi connectivity index (χ3n) is 2.27. The molecular weight excluding hydrogens is 159 g/mol. The summed E-state index contributed by atoms with van der Waals surface area (Å²) in [6.45, 7) is 1.90. The van der Waals surface area contributed by atoms with E-state index in [2.05, 4.69) is 6.92 Å². The van der Waals surface area contributed by atoms with E-state index in [4.69, 9.17) is 0 Å². The van der Waals surface area contributed by atoms with Gasteiger partial charge in [0.15, 0.2) is 0 Å². The zero-order chi connectivity index (χ0) is 9.52. The molecule has 1 N–H and O–H groups in total. The van der Waals surface area contributed by atoms with Gasteiger partial charge in [-0.1, -0.05) is 56.5 Å². The molecule has 0 heterocycles. The normalized spacial score (nSPS) is 10.0. The lowest BCUT2D eigenvalue weighted by molar-refractivity contribution is 0.575. The fourth-order valence-corrected chi connectivity index (χ4v) is 1.43. The van der Waals surface area contributed by atoms with Crippen molar-refractivity contribution < 1.29 is 5.02 Å². The highest BCUT2D eigenvalue weighted by molar-refractivity contribution is 6.66. The van der Waals surface area contributed by atoms with Crippen molar-refractivity contribution in [2.75, 3.05) is 0 Å². The molecule has 0 bridgehead atoms. The molecular formula is C11H17BO. The Morgan fingerprint density at radius 1 is 1.15 bits per heavy atom. The van der Waals surface area contributed by atoms with Gasteiger partial charge in [-0.2, -0.15) is 0 Å². The van der Waals surface area contributed by atoms with Crippen LogP contribution in [0, 0.1) is 0 Å². The van der Waals surface area contributed by atoms with E-state index in [0.29, 0.717) is 0 Å². The molecule has 1 rings (SSSR count). The first-order valence-corrected chi connectivity index (χ1v) is 5.07. The van der Waals surface area contributed by atoms with Gasteiger partial charge in [0, 0.05) is 0 Å². The molecule has 13 heavy (non-hydrogen) atoms. The van der Waals surface area contributed by atoms with Gasteiger partial charge in [-0.15, -0.1) is 0 Å². The smallest absolute Gasteiger partial charge is 0.323 e. The lowest BCUT2D eigenvalue weighted by atomic mass is 9.58. The zero-order valence-electron chi connectivity index (χ0n) is 8.24. The third-order valence-corrected chi connectivity index (χ3v) is 2.27. The highest BCUT2D eigenvalue weighted by atomic mass is 16.2. The van der Waals surface area contributed by atoms with Crippen LogP contribution in [0.3, 0.4) is 0 Å². The first kappa shape index (κ1) is 10.3. The van der Waals surface area contributed by atoms with Crippen LogP contribution in [0.1, 0.15) is 26.2 Å². The van der Waals surface area contributed by atoms with Crippen molar-refractivity contribution in [2.24, 2.45) is 0 Å². The molecule has 0 saturated heterocycles. The van der Waals surface area contributed by atoms with Crippen LogP contribution in [0.15, 0.2) is 30.3 Å². The van der Waals surface area contributed by atoms with Crippen LogP contribution in [-0.4, -0.2) is 11.9 Å². The van der Waals surface area contributed by atoms with Gasteiger partial charge in [-0.25, -0.2) is 0 Å². The Labute approximate surface area is 80.9 Å². The van der Waals surface area contributed by atoms with Crippen LogP contribution in [0.2, 0.25) is 6.32 Å². The fourth-order valence-electron chi connectivity index (χ4n) is 1.43. The number of hydrogen-bond donors (Lipinski definition) is 1. The Morgan fingerprint density at radius 3 is 2.46 bits per heavy atom. The van der Waals surface area contributed by atoms with E-state index in [1.54, 1.807) is 0 Å². The monoisotopic (exact) mass is 176 g/mol. The number of hydrogen-bond acceptors (Lipinski definition) is 1. The first-order valence-electron chi connectivity index (χ1n) is 5.07. The molecule has 0 atom stereocenters. The highest BCUT2D eigenvalue weighted by Gasteiger charge is 2.11. The maximum Gasteiger partial charge on any atom is 0.323 e. The molecule has 0 aliphatic rings. The van der Waals surface area contributed by atoms with E-state index in [9.17, 15) is 5.02 Å². The van der Waals surface area contributed by atoms with Gasteiger partial charge in [-0.05, 0) is 11.8 Å². The highest BCUT2D eigenvalue weighted by Crippen LogP contribution is 2.02. The second-order valence-electron chi connectivity index (χ2n) is 3.42. The van der Waals surface area contributed by atoms with Crippen molar-refractivity contribution in [3.63, 3.8) is 0 Å². The lowest BCUT2D eigenvalue weighted by Crippen LogP contribution is -2.29. The molecule has 1 nitrogen and oxygen atoms in total. The minimum atomic E-state index is -0.271. The van der Waals surface area contributed by atoms with Gasteiger partial charge in [0.25, 0.3) is 0 Å². The van der Waals surface area contributed by atoms with E-state index in [0.717, 1.165) is 18.2 Å². The standard InChI is InChI=1S/C11H17BO/c1-2-3-7-10-12(13)11-8-5-4-6-9-11/h4-6,8-9,13H,2-3,7,10H2,1H3. The van der Waals surface area contributed by atoms with E-state index in [-0.39, 0.29) is 6.92 Å². The van der Waals surface area contributed by atoms with Crippen LogP contribution in [0.4, 0.5) is 0 Å². The van der Waals surface area contributed by atoms with Gasteiger partial charge in [-0.3, -0.25) is 0 Å². The summed E-state index contributed by atoms with van der Waals surface area (Å²) >= 11 is 0. The number of benzene rings is 1. The van der Waals surface area contributed by atoms with Crippen molar-refractivity contribution in [3.8, 4) is 0 Å². The molecule has 70 valence electrons. The molecule has 0 saturated carbocycles. The van der Waals surface area contributed by atoms with Crippen molar-refractivity contribution in [3.05, 3.63) is 30.3 Å². The molecule has 0 radical (unpaired) electrons. The van der Waals surface area contributed by atoms with Crippen molar-refractivity contribution in [1.82, 2.24) is 0 Å². The van der Waals surface area contributed by atoms with E-state index < -0.39 is 0 Å². The van der Waals surface area contributed by atoms with Gasteiger partial charge < -0.3 is 5.02 Å². The van der Waals surface area contributed by atoms with Crippen LogP contribution in [0.25, 0.3) is 0 Å². The molecule has 0 fully saturated rings. The summed E-state index contributed by atoms with van der Waals surface area (Å²) in [5.41, 5.74) is 1.04. The molecule has 0 aromatic heterocycles. The van der Waals surface area contributed by atoms with Crippen LogP contribution < -0.4 is 5.46 Å². The molecule has 0 unspecified atom stereocenters. The molecule has 2 heteroatoms.